The van der Waals surface area contributed by atoms with Crippen molar-refractivity contribution in [1.29, 1.82) is 0 Å². The highest BCUT2D eigenvalue weighted by atomic mass is 19.3. The lowest BCUT2D eigenvalue weighted by molar-refractivity contribution is -0.145. The highest BCUT2D eigenvalue weighted by molar-refractivity contribution is 5.84. The van der Waals surface area contributed by atoms with Crippen LogP contribution >= 0.6 is 0 Å². The van der Waals surface area contributed by atoms with E-state index in [1.165, 1.54) is 6.07 Å². The van der Waals surface area contributed by atoms with Gasteiger partial charge in [0.05, 0.1) is 0 Å². The Morgan fingerprint density at radius 1 is 1.38 bits per heavy atom. The van der Waals surface area contributed by atoms with Crippen LogP contribution in [0.5, 0.6) is 0 Å². The molecule has 2 rings (SSSR count). The number of fused-ring (bicyclic) bond motifs is 1. The van der Waals surface area contributed by atoms with E-state index in [-0.39, 0.29) is 5.56 Å². The molecule has 16 heavy (non-hydrogen) atoms. The average Bonchev–Trinajstić information content (AvgIpc) is 2.59. The van der Waals surface area contributed by atoms with Crippen molar-refractivity contribution in [3.05, 3.63) is 36.0 Å². The van der Waals surface area contributed by atoms with Crippen LogP contribution in [0.25, 0.3) is 10.9 Å². The predicted octanol–water partition coefficient (Wildman–Crippen LogP) is 2.73. The minimum Gasteiger partial charge on any atom is -0.481 e. The van der Waals surface area contributed by atoms with E-state index < -0.39 is 18.3 Å². The van der Waals surface area contributed by atoms with E-state index in [4.69, 9.17) is 5.11 Å². The van der Waals surface area contributed by atoms with Gasteiger partial charge in [0, 0.05) is 22.7 Å². The average molecular weight is 225 g/mol. The summed E-state index contributed by atoms with van der Waals surface area (Å²) in [6.45, 7) is 0. The van der Waals surface area contributed by atoms with Gasteiger partial charge in [-0.1, -0.05) is 18.2 Å². The Morgan fingerprint density at radius 3 is 2.75 bits per heavy atom. The first-order valence-corrected chi connectivity index (χ1v) is 4.67. The van der Waals surface area contributed by atoms with Gasteiger partial charge in [0.2, 0.25) is 0 Å². The maximum absolute atomic E-state index is 13.6. The highest BCUT2D eigenvalue weighted by Crippen LogP contribution is 2.36. The third-order valence-electron chi connectivity index (χ3n) is 2.36. The topological polar surface area (TPSA) is 53.1 Å². The van der Waals surface area contributed by atoms with Crippen LogP contribution in [0.3, 0.4) is 0 Å². The molecule has 1 aromatic heterocycles. The largest absolute Gasteiger partial charge is 0.481 e. The monoisotopic (exact) mass is 225 g/mol. The summed E-state index contributed by atoms with van der Waals surface area (Å²) in [6, 6.07) is 6.56. The van der Waals surface area contributed by atoms with E-state index in [2.05, 4.69) is 4.98 Å². The number of aromatic amines is 1. The fourth-order valence-corrected chi connectivity index (χ4v) is 1.66. The van der Waals surface area contributed by atoms with Crippen LogP contribution in [0.1, 0.15) is 12.0 Å². The van der Waals surface area contributed by atoms with Gasteiger partial charge >= 0.3 is 5.97 Å². The number of benzene rings is 1. The predicted molar refractivity (Wildman–Crippen MR) is 54.4 cm³/mol. The molecule has 0 aliphatic carbocycles. The number of aromatic nitrogens is 1. The Labute approximate surface area is 89.7 Å². The van der Waals surface area contributed by atoms with E-state index in [1.54, 1.807) is 18.2 Å². The Balaban J connectivity index is 2.50. The molecule has 0 saturated heterocycles. The number of carboxylic acid groups (broad SMARTS) is 1. The number of carbonyl (C=O) groups is 1. The number of hydrogen-bond donors (Lipinski definition) is 2. The summed E-state index contributed by atoms with van der Waals surface area (Å²) in [6.07, 6.45) is -0.0392. The van der Waals surface area contributed by atoms with Crippen LogP contribution in [0.2, 0.25) is 0 Å². The van der Waals surface area contributed by atoms with Gasteiger partial charge in [0.15, 0.2) is 0 Å². The van der Waals surface area contributed by atoms with Gasteiger partial charge in [-0.3, -0.25) is 4.79 Å². The molecular weight excluding hydrogens is 216 g/mol. The zero-order valence-corrected chi connectivity index (χ0v) is 8.21. The Hall–Kier alpha value is -1.91. The third kappa shape index (κ3) is 1.76. The van der Waals surface area contributed by atoms with Gasteiger partial charge in [-0.15, -0.1) is 0 Å². The standard InChI is InChI=1S/C11H9F2NO2/c12-11(13,5-10(15)16)8-6-14-9-4-2-1-3-7(8)9/h1-4,6,14H,5H2,(H,15,16). The van der Waals surface area contributed by atoms with Crippen molar-refractivity contribution < 1.29 is 18.7 Å². The number of halogens is 2. The second kappa shape index (κ2) is 3.59. The Bertz CT molecular complexity index is 534. The van der Waals surface area contributed by atoms with Crippen LogP contribution in [0.4, 0.5) is 8.78 Å². The van der Waals surface area contributed by atoms with Crippen molar-refractivity contribution in [2.75, 3.05) is 0 Å². The van der Waals surface area contributed by atoms with Gasteiger partial charge in [-0.05, 0) is 6.07 Å². The zero-order chi connectivity index (χ0) is 11.8. The van der Waals surface area contributed by atoms with Crippen LogP contribution < -0.4 is 0 Å². The molecule has 0 spiro atoms. The number of rotatable bonds is 3. The summed E-state index contributed by atoms with van der Waals surface area (Å²) in [5.74, 6) is -4.87. The van der Waals surface area contributed by atoms with Crippen molar-refractivity contribution >= 4 is 16.9 Å². The normalized spacial score (nSPS) is 11.9. The maximum atomic E-state index is 13.6. The number of hydrogen-bond acceptors (Lipinski definition) is 1. The number of carboxylic acids is 1. The van der Waals surface area contributed by atoms with Gasteiger partial charge in [0.25, 0.3) is 5.92 Å². The molecule has 2 N–H and O–H groups in total. The molecule has 2 aromatic rings. The molecule has 0 aliphatic rings. The molecule has 0 aliphatic heterocycles. The van der Waals surface area contributed by atoms with Crippen LogP contribution in [-0.4, -0.2) is 16.1 Å². The molecule has 0 fully saturated rings. The maximum Gasteiger partial charge on any atom is 0.309 e. The lowest BCUT2D eigenvalue weighted by Gasteiger charge is -2.12. The molecule has 0 amide bonds. The van der Waals surface area contributed by atoms with Crippen molar-refractivity contribution in [3.63, 3.8) is 0 Å². The Morgan fingerprint density at radius 2 is 2.06 bits per heavy atom. The molecule has 5 heteroatoms. The lowest BCUT2D eigenvalue weighted by atomic mass is 10.0. The van der Waals surface area contributed by atoms with Gasteiger partial charge in [-0.2, -0.15) is 0 Å². The van der Waals surface area contributed by atoms with Crippen LogP contribution in [-0.2, 0) is 10.7 Å². The quantitative estimate of drug-likeness (QED) is 0.843. The fourth-order valence-electron chi connectivity index (χ4n) is 1.66. The van der Waals surface area contributed by atoms with E-state index in [0.717, 1.165) is 6.20 Å². The van der Waals surface area contributed by atoms with Crippen molar-refractivity contribution in [2.45, 2.75) is 12.3 Å². The molecule has 0 radical (unpaired) electrons. The number of para-hydroxylation sites is 1. The molecule has 1 aromatic carbocycles. The smallest absolute Gasteiger partial charge is 0.309 e. The molecular formula is C11H9F2NO2. The SMILES string of the molecule is O=C(O)CC(F)(F)c1c[nH]c2ccccc12. The number of nitrogens with one attached hydrogen (secondary N) is 1. The summed E-state index contributed by atoms with van der Waals surface area (Å²) in [5, 5.41) is 8.79. The zero-order valence-electron chi connectivity index (χ0n) is 8.21. The molecule has 0 unspecified atom stereocenters. The first-order valence-electron chi connectivity index (χ1n) is 4.67. The molecule has 0 atom stereocenters. The highest BCUT2D eigenvalue weighted by Gasteiger charge is 2.36. The summed E-state index contributed by atoms with van der Waals surface area (Å²) >= 11 is 0. The summed E-state index contributed by atoms with van der Waals surface area (Å²) in [5.41, 5.74) is 0.299. The number of H-pyrrole nitrogens is 1. The van der Waals surface area contributed by atoms with Crippen molar-refractivity contribution in [2.24, 2.45) is 0 Å². The van der Waals surface area contributed by atoms with Gasteiger partial charge < -0.3 is 10.1 Å². The van der Waals surface area contributed by atoms with Gasteiger partial charge in [-0.25, -0.2) is 8.78 Å². The third-order valence-corrected chi connectivity index (χ3v) is 2.36. The first-order chi connectivity index (χ1) is 7.50. The molecule has 3 nitrogen and oxygen atoms in total. The summed E-state index contributed by atoms with van der Waals surface area (Å²) in [4.78, 5) is 13.1. The number of aliphatic carboxylic acids is 1. The molecule has 1 heterocycles. The second-order valence-electron chi connectivity index (χ2n) is 3.52. The van der Waals surface area contributed by atoms with Crippen LogP contribution in [0.15, 0.2) is 30.5 Å². The van der Waals surface area contributed by atoms with Gasteiger partial charge in [0.1, 0.15) is 6.42 Å². The van der Waals surface area contributed by atoms with Crippen LogP contribution in [0, 0.1) is 0 Å². The van der Waals surface area contributed by atoms with E-state index in [1.807, 2.05) is 0 Å². The Kier molecular flexibility index (Phi) is 2.38. The minimum absolute atomic E-state index is 0.273. The lowest BCUT2D eigenvalue weighted by Crippen LogP contribution is -2.17. The summed E-state index contributed by atoms with van der Waals surface area (Å²) in [7, 11) is 0. The summed E-state index contributed by atoms with van der Waals surface area (Å²) < 4.78 is 27.1. The van der Waals surface area contributed by atoms with E-state index in [9.17, 15) is 13.6 Å². The van der Waals surface area contributed by atoms with Crippen molar-refractivity contribution in [3.8, 4) is 0 Å². The molecule has 0 saturated carbocycles. The minimum atomic E-state index is -3.36. The molecule has 84 valence electrons. The first kappa shape index (κ1) is 10.6. The van der Waals surface area contributed by atoms with E-state index in [0.29, 0.717) is 10.9 Å². The van der Waals surface area contributed by atoms with Crippen molar-refractivity contribution in [1.82, 2.24) is 4.98 Å². The van der Waals surface area contributed by atoms with E-state index >= 15 is 0 Å². The second-order valence-corrected chi connectivity index (χ2v) is 3.52. The fraction of sp³-hybridized carbons (Fsp3) is 0.182. The number of alkyl halides is 2. The molecule has 0 bridgehead atoms.